The maximum absolute atomic E-state index is 13.2. The third-order valence-corrected chi connectivity index (χ3v) is 3.42. The lowest BCUT2D eigenvalue weighted by Crippen LogP contribution is -2.25. The zero-order valence-corrected chi connectivity index (χ0v) is 12.6. The zero-order chi connectivity index (χ0) is 17.5. The molecule has 0 amide bonds. The standard InChI is InChI=1S/C18H15F3N2O/c19-15-8-14(9-16(20)18(15)21)17(11-24)23-7-1-2-12-3-5-13(10-22)6-4-12/h1-6,8-9,17,23-24H,7,11H2/b2-1+. The summed E-state index contributed by atoms with van der Waals surface area (Å²) < 4.78 is 39.5. The van der Waals surface area contributed by atoms with Crippen LogP contribution in [0.3, 0.4) is 0 Å². The highest BCUT2D eigenvalue weighted by Gasteiger charge is 2.16. The highest BCUT2D eigenvalue weighted by molar-refractivity contribution is 5.51. The van der Waals surface area contributed by atoms with E-state index in [4.69, 9.17) is 5.26 Å². The SMILES string of the molecule is N#Cc1ccc(/C=C/CNC(CO)c2cc(F)c(F)c(F)c2)cc1. The number of aliphatic hydroxyl groups excluding tert-OH is 1. The van der Waals surface area contributed by atoms with Crippen molar-refractivity contribution in [1.82, 2.24) is 5.32 Å². The van der Waals surface area contributed by atoms with Crippen molar-refractivity contribution in [2.75, 3.05) is 13.2 Å². The van der Waals surface area contributed by atoms with Crippen molar-refractivity contribution >= 4 is 6.08 Å². The number of nitrogens with one attached hydrogen (secondary N) is 1. The van der Waals surface area contributed by atoms with E-state index in [-0.39, 0.29) is 5.56 Å². The van der Waals surface area contributed by atoms with Crippen LogP contribution in [0.5, 0.6) is 0 Å². The van der Waals surface area contributed by atoms with Crippen LogP contribution in [-0.2, 0) is 0 Å². The second kappa shape index (κ2) is 8.29. The predicted molar refractivity (Wildman–Crippen MR) is 84.3 cm³/mol. The number of halogens is 3. The Labute approximate surface area is 137 Å². The highest BCUT2D eigenvalue weighted by atomic mass is 19.2. The topological polar surface area (TPSA) is 56.0 Å². The molecule has 1 atom stereocenters. The van der Waals surface area contributed by atoms with Crippen molar-refractivity contribution in [2.24, 2.45) is 0 Å². The average Bonchev–Trinajstić information content (AvgIpc) is 2.60. The van der Waals surface area contributed by atoms with Crippen LogP contribution in [-0.4, -0.2) is 18.3 Å². The number of nitriles is 1. The average molecular weight is 332 g/mol. The maximum atomic E-state index is 13.2. The summed E-state index contributed by atoms with van der Waals surface area (Å²) in [5.74, 6) is -4.12. The molecular weight excluding hydrogens is 317 g/mol. The molecule has 2 aromatic carbocycles. The first-order valence-electron chi connectivity index (χ1n) is 7.20. The molecule has 124 valence electrons. The first-order chi connectivity index (χ1) is 11.5. The van der Waals surface area contributed by atoms with E-state index >= 15 is 0 Å². The number of aliphatic hydroxyl groups is 1. The zero-order valence-electron chi connectivity index (χ0n) is 12.6. The van der Waals surface area contributed by atoms with Crippen LogP contribution in [0.2, 0.25) is 0 Å². The lowest BCUT2D eigenvalue weighted by molar-refractivity contribution is 0.247. The van der Waals surface area contributed by atoms with E-state index in [9.17, 15) is 18.3 Å². The van der Waals surface area contributed by atoms with Crippen LogP contribution in [0.15, 0.2) is 42.5 Å². The minimum atomic E-state index is -1.53. The lowest BCUT2D eigenvalue weighted by Gasteiger charge is -2.16. The van der Waals surface area contributed by atoms with Crippen molar-refractivity contribution in [3.8, 4) is 6.07 Å². The van der Waals surface area contributed by atoms with E-state index in [1.165, 1.54) is 0 Å². The van der Waals surface area contributed by atoms with Gasteiger partial charge in [-0.2, -0.15) is 5.26 Å². The molecule has 0 radical (unpaired) electrons. The minimum Gasteiger partial charge on any atom is -0.394 e. The van der Waals surface area contributed by atoms with E-state index in [0.717, 1.165) is 17.7 Å². The van der Waals surface area contributed by atoms with Crippen LogP contribution in [0.4, 0.5) is 13.2 Å². The summed E-state index contributed by atoms with van der Waals surface area (Å²) in [5, 5.41) is 21.0. The van der Waals surface area contributed by atoms with E-state index in [1.807, 2.05) is 6.07 Å². The number of rotatable bonds is 6. The summed E-state index contributed by atoms with van der Waals surface area (Å²) in [6, 6.07) is 9.96. The summed E-state index contributed by atoms with van der Waals surface area (Å²) in [4.78, 5) is 0. The molecule has 0 saturated carbocycles. The van der Waals surface area contributed by atoms with Gasteiger partial charge in [0.2, 0.25) is 0 Å². The number of nitrogens with zero attached hydrogens (tertiary/aromatic N) is 1. The van der Waals surface area contributed by atoms with Crippen molar-refractivity contribution in [3.05, 3.63) is 76.6 Å². The lowest BCUT2D eigenvalue weighted by atomic mass is 10.1. The van der Waals surface area contributed by atoms with Gasteiger partial charge in [0.25, 0.3) is 0 Å². The van der Waals surface area contributed by atoms with Crippen LogP contribution >= 0.6 is 0 Å². The smallest absolute Gasteiger partial charge is 0.194 e. The van der Waals surface area contributed by atoms with Gasteiger partial charge in [-0.15, -0.1) is 0 Å². The second-order valence-electron chi connectivity index (χ2n) is 5.08. The molecule has 3 nitrogen and oxygen atoms in total. The quantitative estimate of drug-likeness (QED) is 0.798. The normalized spacial score (nSPS) is 12.3. The Morgan fingerprint density at radius 2 is 1.75 bits per heavy atom. The van der Waals surface area contributed by atoms with E-state index < -0.39 is 30.1 Å². The fourth-order valence-corrected chi connectivity index (χ4v) is 2.14. The van der Waals surface area contributed by atoms with Gasteiger partial charge in [0.05, 0.1) is 24.3 Å². The van der Waals surface area contributed by atoms with E-state index in [2.05, 4.69) is 5.32 Å². The van der Waals surface area contributed by atoms with Gasteiger partial charge in [-0.1, -0.05) is 24.3 Å². The Morgan fingerprint density at radius 1 is 1.12 bits per heavy atom. The molecule has 0 aliphatic carbocycles. The second-order valence-corrected chi connectivity index (χ2v) is 5.08. The number of hydrogen-bond donors (Lipinski definition) is 2. The molecule has 0 heterocycles. The Bertz CT molecular complexity index is 744. The maximum Gasteiger partial charge on any atom is 0.194 e. The molecule has 2 rings (SSSR count). The molecule has 2 N–H and O–H groups in total. The first-order valence-corrected chi connectivity index (χ1v) is 7.20. The molecule has 0 bridgehead atoms. The fourth-order valence-electron chi connectivity index (χ4n) is 2.14. The summed E-state index contributed by atoms with van der Waals surface area (Å²) >= 11 is 0. The minimum absolute atomic E-state index is 0.126. The summed E-state index contributed by atoms with van der Waals surface area (Å²) in [5.41, 5.74) is 1.57. The van der Waals surface area contributed by atoms with Gasteiger partial charge in [-0.3, -0.25) is 0 Å². The molecule has 24 heavy (non-hydrogen) atoms. The monoisotopic (exact) mass is 332 g/mol. The predicted octanol–water partition coefficient (Wildman–Crippen LogP) is 3.31. The van der Waals surface area contributed by atoms with E-state index in [1.54, 1.807) is 36.4 Å². The summed E-state index contributed by atoms with van der Waals surface area (Å²) in [6.07, 6.45) is 3.56. The summed E-state index contributed by atoms with van der Waals surface area (Å²) in [6.45, 7) is -0.0684. The molecule has 0 aliphatic heterocycles. The van der Waals surface area contributed by atoms with Crippen LogP contribution in [0.25, 0.3) is 6.08 Å². The number of hydrogen-bond acceptors (Lipinski definition) is 3. The van der Waals surface area contributed by atoms with E-state index in [0.29, 0.717) is 12.1 Å². The van der Waals surface area contributed by atoms with Crippen molar-refractivity contribution in [1.29, 1.82) is 5.26 Å². The molecule has 0 saturated heterocycles. The Kier molecular flexibility index (Phi) is 6.13. The van der Waals surface area contributed by atoms with Gasteiger partial charge in [-0.25, -0.2) is 13.2 Å². The molecule has 0 aromatic heterocycles. The van der Waals surface area contributed by atoms with Gasteiger partial charge in [0.15, 0.2) is 17.5 Å². The fraction of sp³-hybridized carbons (Fsp3) is 0.167. The van der Waals surface area contributed by atoms with Gasteiger partial charge in [0, 0.05) is 6.54 Å². The van der Waals surface area contributed by atoms with Crippen molar-refractivity contribution < 1.29 is 18.3 Å². The Hall–Kier alpha value is -2.62. The van der Waals surface area contributed by atoms with Gasteiger partial charge < -0.3 is 10.4 Å². The number of benzene rings is 2. The molecule has 1 unspecified atom stereocenters. The largest absolute Gasteiger partial charge is 0.394 e. The van der Waals surface area contributed by atoms with Gasteiger partial charge in [-0.05, 0) is 35.4 Å². The van der Waals surface area contributed by atoms with Crippen LogP contribution < -0.4 is 5.32 Å². The van der Waals surface area contributed by atoms with Crippen molar-refractivity contribution in [2.45, 2.75) is 6.04 Å². The molecular formula is C18H15F3N2O. The molecule has 2 aromatic rings. The Balaban J connectivity index is 1.98. The highest BCUT2D eigenvalue weighted by Crippen LogP contribution is 2.19. The van der Waals surface area contributed by atoms with Crippen LogP contribution in [0.1, 0.15) is 22.7 Å². The Morgan fingerprint density at radius 3 is 2.29 bits per heavy atom. The van der Waals surface area contributed by atoms with Crippen LogP contribution in [0, 0.1) is 28.8 Å². The summed E-state index contributed by atoms with van der Waals surface area (Å²) in [7, 11) is 0. The third kappa shape index (κ3) is 4.44. The van der Waals surface area contributed by atoms with Crippen molar-refractivity contribution in [3.63, 3.8) is 0 Å². The molecule has 0 spiro atoms. The molecule has 0 aliphatic rings. The molecule has 6 heteroatoms. The molecule has 0 fully saturated rings. The third-order valence-electron chi connectivity index (χ3n) is 3.42. The van der Waals surface area contributed by atoms with Gasteiger partial charge in [0.1, 0.15) is 0 Å². The first kappa shape index (κ1) is 17.7. The van der Waals surface area contributed by atoms with Gasteiger partial charge >= 0.3 is 0 Å².